The zero-order valence-electron chi connectivity index (χ0n) is 12.7. The van der Waals surface area contributed by atoms with Gasteiger partial charge in [-0.25, -0.2) is 0 Å². The summed E-state index contributed by atoms with van der Waals surface area (Å²) in [7, 11) is -5.00. The maximum absolute atomic E-state index is 10.7. The highest BCUT2D eigenvalue weighted by Crippen LogP contribution is 2.01. The summed E-state index contributed by atoms with van der Waals surface area (Å²) in [6.07, 6.45) is 0. The lowest BCUT2D eigenvalue weighted by Gasteiger charge is -1.89. The topological polar surface area (TPSA) is 54.4 Å². The molecule has 0 amide bonds. The average molecular weight is 191 g/mol. The highest BCUT2D eigenvalue weighted by Gasteiger charge is 1.94. The van der Waals surface area contributed by atoms with Crippen LogP contribution in [0.4, 0.5) is 0 Å². The Morgan fingerprint density at radius 2 is 2.00 bits per heavy atom. The summed E-state index contributed by atoms with van der Waals surface area (Å²) >= 11 is 0. The van der Waals surface area contributed by atoms with Crippen LogP contribution in [-0.4, -0.2) is 13.0 Å². The molecule has 3 nitrogen and oxygen atoms in total. The maximum Gasteiger partial charge on any atom is 0.287 e. The van der Waals surface area contributed by atoms with Gasteiger partial charge in [0.2, 0.25) is 0 Å². The van der Waals surface area contributed by atoms with Crippen molar-refractivity contribution in [1.29, 1.82) is 0 Å². The predicted octanol–water partition coefficient (Wildman–Crippen LogP) is 1.55. The first-order valence-electron chi connectivity index (χ1n) is 6.22. The third kappa shape index (κ3) is 3.32. The van der Waals surface area contributed by atoms with Crippen LogP contribution in [0.5, 0.6) is 0 Å². The van der Waals surface area contributed by atoms with Gasteiger partial charge in [-0.3, -0.25) is 4.55 Å². The van der Waals surface area contributed by atoms with Gasteiger partial charge >= 0.3 is 0 Å². The Bertz CT molecular complexity index is 651. The van der Waals surface area contributed by atoms with E-state index in [-0.39, 0.29) is 0 Å². The van der Waals surface area contributed by atoms with Crippen molar-refractivity contribution in [2.75, 3.05) is 0 Å². The summed E-state index contributed by atoms with van der Waals surface area (Å²) in [5.41, 5.74) is -0.756. The maximum atomic E-state index is 10.7. The van der Waals surface area contributed by atoms with Crippen LogP contribution in [0.1, 0.15) is 15.2 Å². The second-order valence-electron chi connectivity index (χ2n) is 1.70. The van der Waals surface area contributed by atoms with E-state index in [4.69, 9.17) is 14.1 Å². The molecule has 0 spiro atoms. The van der Waals surface area contributed by atoms with E-state index >= 15 is 0 Å². The van der Waals surface area contributed by atoms with Crippen LogP contribution in [0.25, 0.3) is 6.05 Å². The molecule has 12 heavy (non-hydrogen) atoms. The van der Waals surface area contributed by atoms with Gasteiger partial charge in [0.05, 0.1) is 15.0 Å². The smallest absolute Gasteiger partial charge is 0.282 e. The highest BCUT2D eigenvalue weighted by atomic mass is 32.2. The van der Waals surface area contributed by atoms with Gasteiger partial charge in [-0.1, -0.05) is 30.2 Å². The molecule has 0 bridgehead atoms. The third-order valence-corrected chi connectivity index (χ3v) is 1.17. The molecule has 1 N–H and O–H groups in total. The minimum Gasteiger partial charge on any atom is -0.282 e. The Labute approximate surface area is 80.9 Å². The van der Waals surface area contributed by atoms with E-state index < -0.39 is 57.3 Å². The summed E-state index contributed by atoms with van der Waals surface area (Å²) in [5, 5.41) is -1.54. The molecule has 0 aliphatic rings. The summed E-state index contributed by atoms with van der Waals surface area (Å²) in [6.45, 7) is 0. The van der Waals surface area contributed by atoms with E-state index in [0.29, 0.717) is 0 Å². The van der Waals surface area contributed by atoms with Crippen LogP contribution in [0.3, 0.4) is 0 Å². The zero-order chi connectivity index (χ0) is 15.1. The third-order valence-electron chi connectivity index (χ3n) is 0.805. The number of hydrogen-bond donors (Lipinski definition) is 1. The lowest BCUT2D eigenvalue weighted by Crippen LogP contribution is -1.88. The second-order valence-corrected chi connectivity index (χ2v) is 2.86. The van der Waals surface area contributed by atoms with Crippen LogP contribution in [-0.2, 0) is 10.1 Å². The molecule has 0 aliphatic carbocycles. The number of hydrogen-bond acceptors (Lipinski definition) is 2. The molecular formula is C8H8O3S. The molecule has 0 unspecified atom stereocenters. The molecule has 1 aromatic rings. The van der Waals surface area contributed by atoms with E-state index in [1.54, 1.807) is 0 Å². The fourth-order valence-corrected chi connectivity index (χ4v) is 0.659. The Morgan fingerprint density at radius 1 is 1.42 bits per heavy atom. The molecular weight excluding hydrogens is 176 g/mol. The van der Waals surface area contributed by atoms with Crippen LogP contribution < -0.4 is 0 Å². The van der Waals surface area contributed by atoms with E-state index in [1.165, 1.54) is 0 Å². The largest absolute Gasteiger partial charge is 0.287 e. The molecule has 0 saturated heterocycles. The van der Waals surface area contributed by atoms with E-state index in [0.717, 1.165) is 0 Å². The van der Waals surface area contributed by atoms with Crippen molar-refractivity contribution in [2.24, 2.45) is 0 Å². The Kier molecular flexibility index (Phi) is 0.970. The molecule has 64 valence electrons. The normalized spacial score (nSPS) is 21.9. The minimum atomic E-state index is -5.00. The number of benzene rings is 1. The minimum absolute atomic E-state index is 0.704. The van der Waals surface area contributed by atoms with Gasteiger partial charge in [0.1, 0.15) is 0 Å². The highest BCUT2D eigenvalue weighted by molar-refractivity contribution is 7.88. The molecule has 0 heterocycles. The Morgan fingerprint density at radius 3 is 2.50 bits per heavy atom. The predicted molar refractivity (Wildman–Crippen MR) is 47.0 cm³/mol. The van der Waals surface area contributed by atoms with E-state index in [9.17, 15) is 8.42 Å². The van der Waals surface area contributed by atoms with Crippen LogP contribution in [0.2, 0.25) is 0 Å². The van der Waals surface area contributed by atoms with Crippen molar-refractivity contribution in [2.45, 2.75) is 0 Å². The summed E-state index contributed by atoms with van der Waals surface area (Å²) in [6, 6.07) is -5.02. The van der Waals surface area contributed by atoms with Gasteiger partial charge in [0.25, 0.3) is 10.1 Å². The van der Waals surface area contributed by atoms with Crippen molar-refractivity contribution in [1.82, 2.24) is 0 Å². The number of rotatable bonds is 2. The molecule has 0 saturated carbocycles. The fourth-order valence-electron chi connectivity index (χ4n) is 0.428. The van der Waals surface area contributed by atoms with Crippen molar-refractivity contribution >= 4 is 16.2 Å². The van der Waals surface area contributed by atoms with Crippen molar-refractivity contribution in [3.8, 4) is 0 Å². The fraction of sp³-hybridized carbons (Fsp3) is 0. The Balaban J connectivity index is 3.81. The summed E-state index contributed by atoms with van der Waals surface area (Å²) in [4.78, 5) is 0. The van der Waals surface area contributed by atoms with Gasteiger partial charge in [0, 0.05) is 0 Å². The standard InChI is InChI=1S/C8H8O3S/c9-12(10,11)7-6-8-4-2-1-3-5-8/h1-7H,(H,9,10,11)/i1D,2D,3D,4D,5D,6D,7D. The van der Waals surface area contributed by atoms with Crippen LogP contribution >= 0.6 is 0 Å². The SMILES string of the molecule is [2H]C(=C([2H])S(=O)(=O)O)c1c([2H])c([2H])c([2H])c([2H])c1[2H]. The van der Waals surface area contributed by atoms with Crippen molar-refractivity contribution in [3.05, 3.63) is 41.2 Å². The van der Waals surface area contributed by atoms with Gasteiger partial charge < -0.3 is 0 Å². The van der Waals surface area contributed by atoms with Gasteiger partial charge in [-0.2, -0.15) is 8.42 Å². The lowest BCUT2D eigenvalue weighted by molar-refractivity contribution is 0.494. The second kappa shape index (κ2) is 3.51. The molecule has 0 aliphatic heterocycles. The van der Waals surface area contributed by atoms with E-state index in [1.807, 2.05) is 0 Å². The first kappa shape index (κ1) is 3.32. The molecule has 0 radical (unpaired) electrons. The van der Waals surface area contributed by atoms with Gasteiger partial charge in [0.15, 0.2) is 0 Å². The van der Waals surface area contributed by atoms with Gasteiger partial charge in [-0.15, -0.1) is 0 Å². The molecule has 1 aromatic carbocycles. The first-order chi connectivity index (χ1) is 8.50. The lowest BCUT2D eigenvalue weighted by atomic mass is 10.2. The van der Waals surface area contributed by atoms with Crippen molar-refractivity contribution < 1.29 is 22.6 Å². The monoisotopic (exact) mass is 191 g/mol. The Hall–Kier alpha value is -1.13. The molecule has 0 atom stereocenters. The first-order valence-corrected chi connectivity index (χ1v) is 4.16. The van der Waals surface area contributed by atoms with Crippen molar-refractivity contribution in [3.63, 3.8) is 0 Å². The van der Waals surface area contributed by atoms with E-state index in [2.05, 4.69) is 0 Å². The van der Waals surface area contributed by atoms with Crippen LogP contribution in [0.15, 0.2) is 35.6 Å². The average Bonchev–Trinajstić information content (AvgIpc) is 2.31. The summed E-state index contributed by atoms with van der Waals surface area (Å²) < 4.78 is 81.6. The molecule has 0 fully saturated rings. The van der Waals surface area contributed by atoms with Gasteiger partial charge in [-0.05, 0) is 11.6 Å². The zero-order valence-corrected chi connectivity index (χ0v) is 6.49. The summed E-state index contributed by atoms with van der Waals surface area (Å²) in [5.74, 6) is 0. The van der Waals surface area contributed by atoms with Crippen LogP contribution in [0, 0.1) is 0 Å². The quantitative estimate of drug-likeness (QED) is 0.721. The molecule has 1 rings (SSSR count). The molecule has 0 aromatic heterocycles. The molecule has 4 heteroatoms.